The lowest BCUT2D eigenvalue weighted by Crippen LogP contribution is -2.54. The number of aromatic amines is 1. The van der Waals surface area contributed by atoms with Crippen LogP contribution in [0.2, 0.25) is 0 Å². The first-order valence-electron chi connectivity index (χ1n) is 6.34. The minimum atomic E-state index is -0.0499. The molecule has 5 nitrogen and oxygen atoms in total. The number of H-pyrrole nitrogens is 1. The second-order valence-electron chi connectivity index (χ2n) is 5.19. The van der Waals surface area contributed by atoms with Gasteiger partial charge in [0.05, 0.1) is 13.2 Å². The van der Waals surface area contributed by atoms with Crippen molar-refractivity contribution in [2.45, 2.75) is 19.4 Å². The lowest BCUT2D eigenvalue weighted by atomic mass is 10.0. The maximum atomic E-state index is 11.7. The zero-order valence-corrected chi connectivity index (χ0v) is 11.0. The van der Waals surface area contributed by atoms with Crippen LogP contribution in [-0.4, -0.2) is 54.2 Å². The third-order valence-electron chi connectivity index (χ3n) is 3.33. The van der Waals surface area contributed by atoms with Crippen LogP contribution >= 0.6 is 0 Å². The number of aromatic nitrogens is 1. The first kappa shape index (κ1) is 13.1. The van der Waals surface area contributed by atoms with Crippen molar-refractivity contribution in [1.29, 1.82) is 0 Å². The molecule has 1 aromatic rings. The molecule has 1 amide bonds. The van der Waals surface area contributed by atoms with E-state index in [9.17, 15) is 4.79 Å². The molecule has 1 fully saturated rings. The number of hydrogen-bond acceptors (Lipinski definition) is 3. The molecule has 0 aliphatic carbocycles. The minimum absolute atomic E-state index is 0.0499. The Labute approximate surface area is 108 Å². The maximum Gasteiger partial charge on any atom is 0.267 e. The van der Waals surface area contributed by atoms with Crippen LogP contribution in [0.25, 0.3) is 0 Å². The standard InChI is InChI=1S/C13H21N3O2/c1-13(2)10-18-9-8-16(13)7-6-15-12(17)11-4-3-5-14-11/h3-5,14H,6-10H2,1-2H3,(H,15,17). The summed E-state index contributed by atoms with van der Waals surface area (Å²) in [5, 5.41) is 2.92. The summed E-state index contributed by atoms with van der Waals surface area (Å²) in [6.45, 7) is 8.28. The van der Waals surface area contributed by atoms with Crippen molar-refractivity contribution >= 4 is 5.91 Å². The van der Waals surface area contributed by atoms with Crippen LogP contribution < -0.4 is 5.32 Å². The maximum absolute atomic E-state index is 11.7. The van der Waals surface area contributed by atoms with Crippen molar-refractivity contribution in [1.82, 2.24) is 15.2 Å². The number of rotatable bonds is 4. The summed E-state index contributed by atoms with van der Waals surface area (Å²) < 4.78 is 5.47. The molecule has 0 bridgehead atoms. The summed E-state index contributed by atoms with van der Waals surface area (Å²) in [4.78, 5) is 17.0. The molecule has 1 aromatic heterocycles. The van der Waals surface area contributed by atoms with E-state index < -0.39 is 0 Å². The molecule has 0 saturated carbocycles. The van der Waals surface area contributed by atoms with E-state index in [1.165, 1.54) is 0 Å². The van der Waals surface area contributed by atoms with E-state index in [-0.39, 0.29) is 11.4 Å². The number of hydrogen-bond donors (Lipinski definition) is 2. The van der Waals surface area contributed by atoms with E-state index in [1.807, 2.05) is 6.07 Å². The molecule has 1 aliphatic heterocycles. The van der Waals surface area contributed by atoms with Gasteiger partial charge in [-0.25, -0.2) is 0 Å². The molecular weight excluding hydrogens is 230 g/mol. The van der Waals surface area contributed by atoms with E-state index in [0.29, 0.717) is 12.2 Å². The van der Waals surface area contributed by atoms with E-state index in [4.69, 9.17) is 4.74 Å². The van der Waals surface area contributed by atoms with Gasteiger partial charge in [0.2, 0.25) is 0 Å². The minimum Gasteiger partial charge on any atom is -0.378 e. The summed E-state index contributed by atoms with van der Waals surface area (Å²) in [5.41, 5.74) is 0.659. The van der Waals surface area contributed by atoms with Gasteiger partial charge in [-0.15, -0.1) is 0 Å². The third-order valence-corrected chi connectivity index (χ3v) is 3.33. The molecule has 0 aromatic carbocycles. The second-order valence-corrected chi connectivity index (χ2v) is 5.19. The summed E-state index contributed by atoms with van der Waals surface area (Å²) >= 11 is 0. The van der Waals surface area contributed by atoms with Gasteiger partial charge < -0.3 is 15.0 Å². The number of ether oxygens (including phenoxy) is 1. The largest absolute Gasteiger partial charge is 0.378 e. The average Bonchev–Trinajstić information content (AvgIpc) is 2.84. The van der Waals surface area contributed by atoms with Gasteiger partial charge in [-0.3, -0.25) is 9.69 Å². The van der Waals surface area contributed by atoms with E-state index in [2.05, 4.69) is 29.0 Å². The zero-order valence-electron chi connectivity index (χ0n) is 11.0. The summed E-state index contributed by atoms with van der Waals surface area (Å²) in [6.07, 6.45) is 1.75. The molecule has 1 aliphatic rings. The van der Waals surface area contributed by atoms with Gasteiger partial charge in [-0.2, -0.15) is 0 Å². The first-order valence-corrected chi connectivity index (χ1v) is 6.34. The van der Waals surface area contributed by atoms with Crippen LogP contribution in [0.1, 0.15) is 24.3 Å². The monoisotopic (exact) mass is 251 g/mol. The quantitative estimate of drug-likeness (QED) is 0.834. The van der Waals surface area contributed by atoms with Gasteiger partial charge in [0.1, 0.15) is 5.69 Å². The fraction of sp³-hybridized carbons (Fsp3) is 0.615. The van der Waals surface area contributed by atoms with Gasteiger partial charge in [0.25, 0.3) is 5.91 Å². The van der Waals surface area contributed by atoms with Crippen molar-refractivity contribution in [3.63, 3.8) is 0 Å². The highest BCUT2D eigenvalue weighted by Crippen LogP contribution is 2.17. The molecule has 0 atom stereocenters. The van der Waals surface area contributed by atoms with Crippen LogP contribution in [0.3, 0.4) is 0 Å². The molecule has 2 heterocycles. The van der Waals surface area contributed by atoms with Crippen LogP contribution in [0.15, 0.2) is 18.3 Å². The van der Waals surface area contributed by atoms with Gasteiger partial charge in [0.15, 0.2) is 0 Å². The summed E-state index contributed by atoms with van der Waals surface area (Å²) in [7, 11) is 0. The summed E-state index contributed by atoms with van der Waals surface area (Å²) in [5.74, 6) is -0.0499. The number of morpholine rings is 1. The lowest BCUT2D eigenvalue weighted by molar-refractivity contribution is -0.0498. The summed E-state index contributed by atoms with van der Waals surface area (Å²) in [6, 6.07) is 3.59. The molecule has 1 saturated heterocycles. The van der Waals surface area contributed by atoms with Gasteiger partial charge in [-0.05, 0) is 26.0 Å². The highest BCUT2D eigenvalue weighted by molar-refractivity contribution is 5.92. The van der Waals surface area contributed by atoms with Crippen LogP contribution in [-0.2, 0) is 4.74 Å². The molecule has 100 valence electrons. The number of carbonyl (C=O) groups excluding carboxylic acids is 1. The van der Waals surface area contributed by atoms with Crippen LogP contribution in [0, 0.1) is 0 Å². The number of amides is 1. The SMILES string of the molecule is CC1(C)COCCN1CCNC(=O)c1ccc[nH]1. The number of nitrogens with one attached hydrogen (secondary N) is 2. The van der Waals surface area contributed by atoms with Gasteiger partial charge in [-0.1, -0.05) is 0 Å². The normalized spacial score (nSPS) is 19.7. The highest BCUT2D eigenvalue weighted by atomic mass is 16.5. The van der Waals surface area contributed by atoms with Crippen molar-refractivity contribution in [2.75, 3.05) is 32.8 Å². The number of nitrogens with zero attached hydrogens (tertiary/aromatic N) is 1. The molecule has 2 rings (SSSR count). The molecule has 0 unspecified atom stereocenters. The van der Waals surface area contributed by atoms with Crippen LogP contribution in [0.5, 0.6) is 0 Å². The fourth-order valence-corrected chi connectivity index (χ4v) is 2.18. The highest BCUT2D eigenvalue weighted by Gasteiger charge is 2.29. The smallest absolute Gasteiger partial charge is 0.267 e. The third kappa shape index (κ3) is 3.11. The topological polar surface area (TPSA) is 57.4 Å². The Morgan fingerprint density at radius 1 is 1.61 bits per heavy atom. The van der Waals surface area contributed by atoms with Crippen molar-refractivity contribution in [2.24, 2.45) is 0 Å². The fourth-order valence-electron chi connectivity index (χ4n) is 2.18. The second kappa shape index (κ2) is 5.54. The van der Waals surface area contributed by atoms with Gasteiger partial charge >= 0.3 is 0 Å². The first-order chi connectivity index (χ1) is 8.59. The lowest BCUT2D eigenvalue weighted by Gasteiger charge is -2.42. The van der Waals surface area contributed by atoms with Crippen molar-refractivity contribution in [3.05, 3.63) is 24.0 Å². The Bertz CT molecular complexity index is 387. The molecule has 5 heteroatoms. The van der Waals surface area contributed by atoms with Crippen LogP contribution in [0.4, 0.5) is 0 Å². The number of carbonyl (C=O) groups is 1. The Balaban J connectivity index is 1.76. The predicted molar refractivity (Wildman–Crippen MR) is 69.6 cm³/mol. The molecule has 0 radical (unpaired) electrons. The average molecular weight is 251 g/mol. The molecular formula is C13H21N3O2. The predicted octanol–water partition coefficient (Wildman–Crippen LogP) is 0.855. The molecule has 2 N–H and O–H groups in total. The van der Waals surface area contributed by atoms with E-state index >= 15 is 0 Å². The zero-order chi connectivity index (χ0) is 13.0. The van der Waals surface area contributed by atoms with E-state index in [1.54, 1.807) is 12.3 Å². The van der Waals surface area contributed by atoms with Gasteiger partial charge in [0, 0.05) is 31.4 Å². The Kier molecular flexibility index (Phi) is 4.04. The molecule has 18 heavy (non-hydrogen) atoms. The Morgan fingerprint density at radius 2 is 2.44 bits per heavy atom. The van der Waals surface area contributed by atoms with E-state index in [0.717, 1.165) is 26.3 Å². The molecule has 0 spiro atoms. The Morgan fingerprint density at radius 3 is 3.11 bits per heavy atom. The Hall–Kier alpha value is -1.33. The van der Waals surface area contributed by atoms with Crippen molar-refractivity contribution in [3.8, 4) is 0 Å². The van der Waals surface area contributed by atoms with Crippen molar-refractivity contribution < 1.29 is 9.53 Å².